The van der Waals surface area contributed by atoms with Crippen LogP contribution in [0, 0.1) is 13.8 Å². The van der Waals surface area contributed by atoms with Crippen LogP contribution in [0.3, 0.4) is 0 Å². The van der Waals surface area contributed by atoms with Crippen LogP contribution in [0.15, 0.2) is 53.4 Å². The lowest BCUT2D eigenvalue weighted by Gasteiger charge is -2.17. The summed E-state index contributed by atoms with van der Waals surface area (Å²) in [6.45, 7) is 3.66. The second kappa shape index (κ2) is 8.24. The predicted octanol–water partition coefficient (Wildman–Crippen LogP) is 4.27. The molecule has 0 radical (unpaired) electrons. The van der Waals surface area contributed by atoms with Gasteiger partial charge in [0, 0.05) is 5.56 Å². The topological polar surface area (TPSA) is 107 Å². The molecule has 1 fully saturated rings. The number of hydrogen-bond donors (Lipinski definition) is 2. The van der Waals surface area contributed by atoms with E-state index in [-0.39, 0.29) is 22.3 Å². The van der Waals surface area contributed by atoms with Crippen molar-refractivity contribution in [1.29, 1.82) is 0 Å². The maximum Gasteiger partial charge on any atom is 0.586 e. The van der Waals surface area contributed by atoms with E-state index in [9.17, 15) is 22.0 Å². The Morgan fingerprint density at radius 1 is 0.972 bits per heavy atom. The summed E-state index contributed by atoms with van der Waals surface area (Å²) in [5.74, 6) is -0.159. The van der Waals surface area contributed by atoms with E-state index in [1.54, 1.807) is 31.2 Å². The number of carbonyl (C=O) groups is 1. The maximum absolute atomic E-state index is 13.4. The van der Waals surface area contributed by atoms with Crippen molar-refractivity contribution >= 4 is 21.7 Å². The third-order valence-electron chi connectivity index (χ3n) is 6.51. The number of aryl methyl sites for hydroxylation is 2. The number of benzene rings is 2. The van der Waals surface area contributed by atoms with Crippen LogP contribution >= 0.6 is 0 Å². The number of aromatic nitrogens is 1. The van der Waals surface area contributed by atoms with E-state index in [0.29, 0.717) is 35.5 Å². The van der Waals surface area contributed by atoms with E-state index >= 15 is 0 Å². The van der Waals surface area contributed by atoms with E-state index in [2.05, 4.69) is 24.5 Å². The van der Waals surface area contributed by atoms with Crippen LogP contribution in [0.5, 0.6) is 11.5 Å². The summed E-state index contributed by atoms with van der Waals surface area (Å²) in [4.78, 5) is 18.0. The van der Waals surface area contributed by atoms with Crippen molar-refractivity contribution in [3.8, 4) is 22.8 Å². The van der Waals surface area contributed by atoms with Gasteiger partial charge in [-0.25, -0.2) is 18.1 Å². The normalized spacial score (nSPS) is 17.0. The highest BCUT2D eigenvalue weighted by molar-refractivity contribution is 7.89. The fourth-order valence-electron chi connectivity index (χ4n) is 4.31. The molecular weight excluding hydrogens is 492 g/mol. The van der Waals surface area contributed by atoms with E-state index < -0.39 is 21.7 Å². The number of rotatable bonds is 6. The molecule has 11 heteroatoms. The Kier molecular flexibility index (Phi) is 5.53. The summed E-state index contributed by atoms with van der Waals surface area (Å²) < 4.78 is 62.3. The van der Waals surface area contributed by atoms with E-state index in [1.807, 2.05) is 13.0 Å². The van der Waals surface area contributed by atoms with Gasteiger partial charge in [-0.2, -0.15) is 0 Å². The Balaban J connectivity index is 1.41. The van der Waals surface area contributed by atoms with Gasteiger partial charge >= 0.3 is 6.29 Å². The van der Waals surface area contributed by atoms with Crippen LogP contribution in [0.1, 0.15) is 29.5 Å². The summed E-state index contributed by atoms with van der Waals surface area (Å²) >= 11 is 0. The molecule has 2 aliphatic rings. The summed E-state index contributed by atoms with van der Waals surface area (Å²) in [5.41, 5.74) is 2.58. The lowest BCUT2D eigenvalue weighted by Crippen LogP contribution is -2.28. The molecular formula is C25H23F2N3O5S. The van der Waals surface area contributed by atoms with Gasteiger partial charge in [-0.3, -0.25) is 4.79 Å². The summed E-state index contributed by atoms with van der Waals surface area (Å²) in [6, 6.07) is 12.6. The molecule has 1 saturated carbocycles. The van der Waals surface area contributed by atoms with E-state index in [1.165, 1.54) is 25.2 Å². The summed E-state index contributed by atoms with van der Waals surface area (Å²) in [5, 5.41) is 2.85. The Hall–Kier alpha value is -3.57. The van der Waals surface area contributed by atoms with Gasteiger partial charge in [0.15, 0.2) is 11.5 Å². The number of amides is 1. The Labute approximate surface area is 206 Å². The zero-order chi connectivity index (χ0) is 25.9. The van der Waals surface area contributed by atoms with Gasteiger partial charge in [-0.05, 0) is 80.8 Å². The zero-order valence-electron chi connectivity index (χ0n) is 19.7. The smallest absolute Gasteiger partial charge is 0.395 e. The van der Waals surface area contributed by atoms with Crippen molar-refractivity contribution in [3.63, 3.8) is 0 Å². The number of sulfonamides is 1. The van der Waals surface area contributed by atoms with Crippen molar-refractivity contribution in [2.45, 2.75) is 43.3 Å². The average Bonchev–Trinajstić information content (AvgIpc) is 3.57. The highest BCUT2D eigenvalue weighted by Gasteiger charge is 2.53. The van der Waals surface area contributed by atoms with Gasteiger partial charge in [-0.15, -0.1) is 8.78 Å². The lowest BCUT2D eigenvalue weighted by atomic mass is 9.94. The first kappa shape index (κ1) is 24.1. The minimum Gasteiger partial charge on any atom is -0.395 e. The van der Waals surface area contributed by atoms with Crippen molar-refractivity contribution in [2.24, 2.45) is 0 Å². The van der Waals surface area contributed by atoms with Gasteiger partial charge in [-0.1, -0.05) is 18.2 Å². The lowest BCUT2D eigenvalue weighted by molar-refractivity contribution is -0.286. The number of nitrogens with one attached hydrogen (secondary N) is 2. The first-order valence-electron chi connectivity index (χ1n) is 11.2. The van der Waals surface area contributed by atoms with Crippen LogP contribution < -0.4 is 19.5 Å². The monoisotopic (exact) mass is 515 g/mol. The molecule has 1 amide bonds. The molecule has 1 aliphatic carbocycles. The molecule has 0 saturated heterocycles. The Bertz CT molecular complexity index is 1500. The van der Waals surface area contributed by atoms with Crippen LogP contribution in [0.2, 0.25) is 0 Å². The molecule has 0 atom stereocenters. The van der Waals surface area contributed by atoms with Crippen LogP contribution in [-0.4, -0.2) is 32.7 Å². The molecule has 188 valence electrons. The number of halogens is 2. The number of fused-ring (bicyclic) bond motifs is 1. The molecule has 2 aromatic carbocycles. The molecule has 1 aromatic heterocycles. The Morgan fingerprint density at radius 3 is 2.36 bits per heavy atom. The molecule has 2 heterocycles. The largest absolute Gasteiger partial charge is 0.586 e. The Morgan fingerprint density at radius 2 is 1.69 bits per heavy atom. The average molecular weight is 516 g/mol. The molecule has 1 aliphatic heterocycles. The van der Waals surface area contributed by atoms with Gasteiger partial charge in [0.25, 0.3) is 0 Å². The highest BCUT2D eigenvalue weighted by atomic mass is 32.2. The fraction of sp³-hybridized carbons (Fsp3) is 0.280. The summed E-state index contributed by atoms with van der Waals surface area (Å²) in [7, 11) is -2.24. The van der Waals surface area contributed by atoms with Crippen molar-refractivity contribution < 1.29 is 31.5 Å². The minimum absolute atomic E-state index is 0.0753. The highest BCUT2D eigenvalue weighted by Crippen LogP contribution is 2.52. The van der Waals surface area contributed by atoms with Crippen LogP contribution in [0.25, 0.3) is 11.3 Å². The molecule has 0 spiro atoms. The third-order valence-corrected chi connectivity index (χ3v) is 7.92. The van der Waals surface area contributed by atoms with Gasteiger partial charge in [0.05, 0.1) is 16.0 Å². The predicted molar refractivity (Wildman–Crippen MR) is 128 cm³/mol. The number of anilines is 1. The molecule has 0 unspecified atom stereocenters. The van der Waals surface area contributed by atoms with Crippen LogP contribution in [-0.2, 0) is 20.2 Å². The number of alkyl halides is 2. The molecule has 2 N–H and O–H groups in total. The minimum atomic E-state index is -3.73. The second-order valence-electron chi connectivity index (χ2n) is 8.91. The van der Waals surface area contributed by atoms with Crippen molar-refractivity contribution in [1.82, 2.24) is 9.71 Å². The van der Waals surface area contributed by atoms with Gasteiger partial charge in [0.2, 0.25) is 15.9 Å². The first-order chi connectivity index (χ1) is 16.9. The molecule has 0 bridgehead atoms. The fourth-order valence-corrected chi connectivity index (χ4v) is 5.13. The van der Waals surface area contributed by atoms with Crippen molar-refractivity contribution in [3.05, 3.63) is 65.2 Å². The molecule has 5 rings (SSSR count). The quantitative estimate of drug-likeness (QED) is 0.508. The first-order valence-corrected chi connectivity index (χ1v) is 12.7. The third kappa shape index (κ3) is 4.18. The number of pyridine rings is 1. The number of carbonyl (C=O) groups excluding carboxylic acids is 1. The maximum atomic E-state index is 13.4. The second-order valence-corrected chi connectivity index (χ2v) is 10.8. The van der Waals surface area contributed by atoms with Gasteiger partial charge < -0.3 is 14.8 Å². The van der Waals surface area contributed by atoms with Crippen molar-refractivity contribution in [2.75, 3.05) is 12.4 Å². The number of nitrogens with zero attached hydrogens (tertiary/aromatic N) is 1. The summed E-state index contributed by atoms with van der Waals surface area (Å²) in [6.07, 6.45) is -2.63. The van der Waals surface area contributed by atoms with Crippen LogP contribution in [0.4, 0.5) is 14.6 Å². The van der Waals surface area contributed by atoms with E-state index in [0.717, 1.165) is 11.1 Å². The standard InChI is InChI=1S/C25H23F2N3O5S/c1-14-4-9-21(29-22(14)18-7-6-17(12-15(18)2)36(32,33)28-3)30-23(31)24(10-11-24)16-5-8-19-20(13-16)35-25(26,27)34-19/h4-9,12-13,28H,10-11H2,1-3H3,(H,29,30,31). The SMILES string of the molecule is CNS(=O)(=O)c1ccc(-c2nc(NC(=O)C3(c4ccc5c(c4)OC(F)(F)O5)CC3)ccc2C)c(C)c1. The molecule has 3 aromatic rings. The number of hydrogen-bond acceptors (Lipinski definition) is 6. The van der Waals surface area contributed by atoms with E-state index in [4.69, 9.17) is 0 Å². The molecule has 36 heavy (non-hydrogen) atoms. The zero-order valence-corrected chi connectivity index (χ0v) is 20.5. The van der Waals surface area contributed by atoms with Gasteiger partial charge in [0.1, 0.15) is 5.82 Å². The molecule has 8 nitrogen and oxygen atoms in total. The number of ether oxygens (including phenoxy) is 2.